The predicted molar refractivity (Wildman–Crippen MR) is 55.4 cm³/mol. The van der Waals surface area contributed by atoms with Gasteiger partial charge in [-0.25, -0.2) is 13.4 Å². The first-order valence-corrected chi connectivity index (χ1v) is 6.52. The lowest BCUT2D eigenvalue weighted by molar-refractivity contribution is -0.128. The Morgan fingerprint density at radius 1 is 1.53 bits per heavy atom. The lowest BCUT2D eigenvalue weighted by Gasteiger charge is -2.09. The SMILES string of the molecule is COCC1=NN(CCS(C)(=O)=O)C(=O)C1. The van der Waals surface area contributed by atoms with E-state index in [2.05, 4.69) is 5.10 Å². The second kappa shape index (κ2) is 4.71. The summed E-state index contributed by atoms with van der Waals surface area (Å²) in [6.45, 7) is 0.423. The molecule has 1 amide bonds. The van der Waals surface area contributed by atoms with Gasteiger partial charge in [0.15, 0.2) is 0 Å². The molecule has 1 heterocycles. The third-order valence-electron chi connectivity index (χ3n) is 1.89. The highest BCUT2D eigenvalue weighted by atomic mass is 32.2. The summed E-state index contributed by atoms with van der Waals surface area (Å²) in [4.78, 5) is 11.3. The molecule has 0 fully saturated rings. The van der Waals surface area contributed by atoms with Crippen LogP contribution in [0.15, 0.2) is 5.10 Å². The first-order chi connectivity index (χ1) is 6.92. The van der Waals surface area contributed by atoms with Gasteiger partial charge in [0.25, 0.3) is 0 Å². The van der Waals surface area contributed by atoms with Gasteiger partial charge in [0, 0.05) is 13.4 Å². The molecule has 1 aliphatic heterocycles. The highest BCUT2D eigenvalue weighted by Gasteiger charge is 2.24. The summed E-state index contributed by atoms with van der Waals surface area (Å²) < 4.78 is 26.6. The molecule has 0 aromatic carbocycles. The van der Waals surface area contributed by atoms with Gasteiger partial charge in [0.2, 0.25) is 5.91 Å². The molecule has 15 heavy (non-hydrogen) atoms. The number of hydrogen-bond acceptors (Lipinski definition) is 5. The van der Waals surface area contributed by atoms with Crippen LogP contribution in [0.1, 0.15) is 6.42 Å². The fraction of sp³-hybridized carbons (Fsp3) is 0.750. The molecular formula is C8H14N2O4S. The fourth-order valence-corrected chi connectivity index (χ4v) is 1.71. The van der Waals surface area contributed by atoms with Crippen molar-refractivity contribution in [3.05, 3.63) is 0 Å². The second-order valence-corrected chi connectivity index (χ2v) is 5.68. The van der Waals surface area contributed by atoms with Crippen LogP contribution in [0, 0.1) is 0 Å². The zero-order valence-corrected chi connectivity index (χ0v) is 9.58. The van der Waals surface area contributed by atoms with E-state index < -0.39 is 9.84 Å². The number of amides is 1. The smallest absolute Gasteiger partial charge is 0.248 e. The lowest BCUT2D eigenvalue weighted by Crippen LogP contribution is -2.26. The van der Waals surface area contributed by atoms with Gasteiger partial charge in [-0.1, -0.05) is 0 Å². The monoisotopic (exact) mass is 234 g/mol. The van der Waals surface area contributed by atoms with Gasteiger partial charge in [-0.2, -0.15) is 5.10 Å². The maximum Gasteiger partial charge on any atom is 0.248 e. The first-order valence-electron chi connectivity index (χ1n) is 4.46. The van der Waals surface area contributed by atoms with Crippen LogP contribution in [0.3, 0.4) is 0 Å². The van der Waals surface area contributed by atoms with Crippen LogP contribution >= 0.6 is 0 Å². The summed E-state index contributed by atoms with van der Waals surface area (Å²) >= 11 is 0. The lowest BCUT2D eigenvalue weighted by atomic mass is 10.3. The Balaban J connectivity index is 2.52. The van der Waals surface area contributed by atoms with Gasteiger partial charge in [-0.05, 0) is 0 Å². The van der Waals surface area contributed by atoms with E-state index >= 15 is 0 Å². The van der Waals surface area contributed by atoms with Gasteiger partial charge >= 0.3 is 0 Å². The Morgan fingerprint density at radius 2 is 2.20 bits per heavy atom. The van der Waals surface area contributed by atoms with Crippen molar-refractivity contribution in [2.45, 2.75) is 6.42 Å². The third-order valence-corrected chi connectivity index (χ3v) is 2.81. The molecule has 0 radical (unpaired) electrons. The molecule has 0 saturated carbocycles. The van der Waals surface area contributed by atoms with Gasteiger partial charge < -0.3 is 4.74 Å². The van der Waals surface area contributed by atoms with E-state index in [1.807, 2.05) is 0 Å². The van der Waals surface area contributed by atoms with E-state index in [9.17, 15) is 13.2 Å². The van der Waals surface area contributed by atoms with Gasteiger partial charge in [-0.3, -0.25) is 4.79 Å². The van der Waals surface area contributed by atoms with Gasteiger partial charge in [0.1, 0.15) is 9.84 Å². The molecule has 0 aromatic rings. The minimum atomic E-state index is -3.06. The molecule has 0 spiro atoms. The van der Waals surface area contributed by atoms with Crippen LogP contribution in [0.2, 0.25) is 0 Å². The van der Waals surface area contributed by atoms with E-state index in [0.717, 1.165) is 6.26 Å². The number of sulfone groups is 1. The van der Waals surface area contributed by atoms with Crippen molar-refractivity contribution in [3.8, 4) is 0 Å². The topological polar surface area (TPSA) is 76.0 Å². The number of rotatable bonds is 5. The number of methoxy groups -OCH3 is 1. The van der Waals surface area contributed by atoms with E-state index in [1.165, 1.54) is 12.1 Å². The first kappa shape index (κ1) is 12.1. The minimum absolute atomic E-state index is 0.0670. The fourth-order valence-electron chi connectivity index (χ4n) is 1.20. The van der Waals surface area contributed by atoms with Crippen LogP contribution in [-0.4, -0.2) is 57.3 Å². The highest BCUT2D eigenvalue weighted by Crippen LogP contribution is 2.08. The van der Waals surface area contributed by atoms with Crippen LogP contribution in [0.25, 0.3) is 0 Å². The number of ether oxygens (including phenoxy) is 1. The molecule has 0 unspecified atom stereocenters. The van der Waals surface area contributed by atoms with Gasteiger partial charge in [0.05, 0.1) is 31.0 Å². The van der Waals surface area contributed by atoms with E-state index in [4.69, 9.17) is 4.74 Å². The molecular weight excluding hydrogens is 220 g/mol. The van der Waals surface area contributed by atoms with Crippen molar-refractivity contribution in [2.24, 2.45) is 5.10 Å². The Kier molecular flexibility index (Phi) is 3.81. The molecule has 0 N–H and O–H groups in total. The third kappa shape index (κ3) is 3.96. The van der Waals surface area contributed by atoms with Crippen molar-refractivity contribution in [1.29, 1.82) is 0 Å². The molecule has 0 aromatic heterocycles. The zero-order chi connectivity index (χ0) is 11.5. The van der Waals surface area contributed by atoms with E-state index in [-0.39, 0.29) is 24.6 Å². The molecule has 0 saturated heterocycles. The average Bonchev–Trinajstić information content (AvgIpc) is 2.42. The molecule has 86 valence electrons. The molecule has 6 nitrogen and oxygen atoms in total. The molecule has 1 rings (SSSR count). The van der Waals surface area contributed by atoms with Crippen molar-refractivity contribution in [3.63, 3.8) is 0 Å². The standard InChI is InChI=1S/C8H14N2O4S/c1-14-6-7-5-8(11)10(9-7)3-4-15(2,12)13/h3-6H2,1-2H3. The summed E-state index contributed by atoms with van der Waals surface area (Å²) in [5, 5.41) is 5.16. The summed E-state index contributed by atoms with van der Waals surface area (Å²) in [6.07, 6.45) is 1.35. The Bertz CT molecular complexity index is 374. The summed E-state index contributed by atoms with van der Waals surface area (Å²) in [5.74, 6) is -0.242. The average molecular weight is 234 g/mol. The second-order valence-electron chi connectivity index (χ2n) is 3.42. The van der Waals surface area contributed by atoms with Crippen LogP contribution in [0.4, 0.5) is 0 Å². The quantitative estimate of drug-likeness (QED) is 0.628. The molecule has 0 aliphatic carbocycles. The Hall–Kier alpha value is -0.950. The van der Waals surface area contributed by atoms with Crippen molar-refractivity contribution >= 4 is 21.5 Å². The molecule has 0 atom stereocenters. The van der Waals surface area contributed by atoms with Crippen molar-refractivity contribution in [1.82, 2.24) is 5.01 Å². The number of carbonyl (C=O) groups excluding carboxylic acids is 1. The van der Waals surface area contributed by atoms with Crippen molar-refractivity contribution in [2.75, 3.05) is 32.3 Å². The zero-order valence-electron chi connectivity index (χ0n) is 8.76. The molecule has 7 heteroatoms. The molecule has 0 bridgehead atoms. The minimum Gasteiger partial charge on any atom is -0.379 e. The van der Waals surface area contributed by atoms with Crippen molar-refractivity contribution < 1.29 is 17.9 Å². The number of nitrogens with zero attached hydrogens (tertiary/aromatic N) is 2. The molecule has 1 aliphatic rings. The Labute approximate surface area is 88.8 Å². The Morgan fingerprint density at radius 3 is 2.73 bits per heavy atom. The highest BCUT2D eigenvalue weighted by molar-refractivity contribution is 7.90. The van der Waals surface area contributed by atoms with Crippen LogP contribution < -0.4 is 0 Å². The summed E-state index contributed by atoms with van der Waals surface area (Å²) in [6, 6.07) is 0. The maximum absolute atomic E-state index is 11.3. The number of hydrogen-bond donors (Lipinski definition) is 0. The largest absolute Gasteiger partial charge is 0.379 e. The van der Waals surface area contributed by atoms with E-state index in [0.29, 0.717) is 12.3 Å². The maximum atomic E-state index is 11.3. The predicted octanol–water partition coefficient (Wildman–Crippen LogP) is -0.734. The summed E-state index contributed by atoms with van der Waals surface area (Å²) in [7, 11) is -1.54. The number of carbonyl (C=O) groups is 1. The van der Waals surface area contributed by atoms with Crippen LogP contribution in [-0.2, 0) is 19.4 Å². The van der Waals surface area contributed by atoms with Gasteiger partial charge in [-0.15, -0.1) is 0 Å². The van der Waals surface area contributed by atoms with Crippen LogP contribution in [0.5, 0.6) is 0 Å². The number of hydrazone groups is 1. The normalized spacial score (nSPS) is 17.1. The summed E-state index contributed by atoms with van der Waals surface area (Å²) in [5.41, 5.74) is 0.635. The van der Waals surface area contributed by atoms with E-state index in [1.54, 1.807) is 0 Å².